The Bertz CT molecular complexity index is 350. The van der Waals surface area contributed by atoms with Crippen molar-refractivity contribution >= 4 is 0 Å². The summed E-state index contributed by atoms with van der Waals surface area (Å²) in [5, 5.41) is 3.47. The molecule has 1 aliphatic rings. The van der Waals surface area contributed by atoms with Crippen molar-refractivity contribution < 1.29 is 0 Å². The van der Waals surface area contributed by atoms with Gasteiger partial charge in [-0.1, -0.05) is 38.1 Å². The maximum absolute atomic E-state index is 3.47. The minimum absolute atomic E-state index is 0.741. The Morgan fingerprint density at radius 1 is 1.11 bits per heavy atom. The van der Waals surface area contributed by atoms with Gasteiger partial charge in [0.25, 0.3) is 0 Å². The summed E-state index contributed by atoms with van der Waals surface area (Å²) in [4.78, 5) is 2.62. The lowest BCUT2D eigenvalue weighted by Crippen LogP contribution is -2.32. The van der Waals surface area contributed by atoms with E-state index < -0.39 is 0 Å². The second-order valence-corrected chi connectivity index (χ2v) is 5.88. The summed E-state index contributed by atoms with van der Waals surface area (Å²) in [7, 11) is 0. The number of benzene rings is 1. The van der Waals surface area contributed by atoms with Crippen LogP contribution in [0.2, 0.25) is 0 Å². The minimum atomic E-state index is 0.741. The summed E-state index contributed by atoms with van der Waals surface area (Å²) >= 11 is 0. The molecule has 2 rings (SSSR count). The fraction of sp³-hybridized carbons (Fsp3) is 0.647. The van der Waals surface area contributed by atoms with Crippen LogP contribution in [0.1, 0.15) is 31.4 Å². The van der Waals surface area contributed by atoms with E-state index in [2.05, 4.69) is 48.3 Å². The topological polar surface area (TPSA) is 15.3 Å². The zero-order valence-electron chi connectivity index (χ0n) is 12.5. The summed E-state index contributed by atoms with van der Waals surface area (Å²) in [5.74, 6) is 0.741. The summed E-state index contributed by atoms with van der Waals surface area (Å²) in [6.07, 6.45) is 3.63. The highest BCUT2D eigenvalue weighted by Crippen LogP contribution is 2.12. The predicted octanol–water partition coefficient (Wildman–Crippen LogP) is 2.72. The lowest BCUT2D eigenvalue weighted by molar-refractivity contribution is 0.251. The molecule has 0 aliphatic carbocycles. The lowest BCUT2D eigenvalue weighted by atomic mass is 9.99. The number of rotatable bonds is 5. The van der Waals surface area contributed by atoms with Crippen LogP contribution in [0.4, 0.5) is 0 Å². The Balaban J connectivity index is 1.80. The van der Waals surface area contributed by atoms with E-state index in [4.69, 9.17) is 0 Å². The standard InChI is InChI=1S/C17H28N2/c1-3-16-5-7-17(8-6-16)13-15(2)14-19-11-4-9-18-10-12-19/h5-8,15,18H,3-4,9-14H2,1-2H3. The van der Waals surface area contributed by atoms with Crippen molar-refractivity contribution in [2.75, 3.05) is 32.7 Å². The number of hydrogen-bond acceptors (Lipinski definition) is 2. The Morgan fingerprint density at radius 3 is 2.58 bits per heavy atom. The Labute approximate surface area is 118 Å². The van der Waals surface area contributed by atoms with Gasteiger partial charge in [-0.05, 0) is 49.4 Å². The van der Waals surface area contributed by atoms with E-state index >= 15 is 0 Å². The van der Waals surface area contributed by atoms with Gasteiger partial charge in [-0.3, -0.25) is 0 Å². The van der Waals surface area contributed by atoms with Gasteiger partial charge < -0.3 is 10.2 Å². The highest BCUT2D eigenvalue weighted by atomic mass is 15.1. The van der Waals surface area contributed by atoms with Crippen LogP contribution < -0.4 is 5.32 Å². The first-order chi connectivity index (χ1) is 9.28. The van der Waals surface area contributed by atoms with Gasteiger partial charge >= 0.3 is 0 Å². The highest BCUT2D eigenvalue weighted by molar-refractivity contribution is 5.22. The molecule has 0 amide bonds. The molecular weight excluding hydrogens is 232 g/mol. The van der Waals surface area contributed by atoms with Gasteiger partial charge in [-0.25, -0.2) is 0 Å². The third-order valence-corrected chi connectivity index (χ3v) is 4.02. The van der Waals surface area contributed by atoms with Crippen LogP contribution in [0.15, 0.2) is 24.3 Å². The number of hydrogen-bond donors (Lipinski definition) is 1. The molecule has 0 spiro atoms. The zero-order valence-corrected chi connectivity index (χ0v) is 12.5. The van der Waals surface area contributed by atoms with E-state index in [0.717, 1.165) is 18.9 Å². The summed E-state index contributed by atoms with van der Waals surface area (Å²) in [6, 6.07) is 9.16. The predicted molar refractivity (Wildman–Crippen MR) is 82.6 cm³/mol. The van der Waals surface area contributed by atoms with Crippen LogP contribution in [0, 0.1) is 5.92 Å². The molecule has 0 aromatic heterocycles. The Morgan fingerprint density at radius 2 is 1.84 bits per heavy atom. The van der Waals surface area contributed by atoms with E-state index in [-0.39, 0.29) is 0 Å². The van der Waals surface area contributed by atoms with Crippen LogP contribution in [0.3, 0.4) is 0 Å². The first kappa shape index (κ1) is 14.5. The van der Waals surface area contributed by atoms with Crippen molar-refractivity contribution in [1.29, 1.82) is 0 Å². The van der Waals surface area contributed by atoms with Crippen LogP contribution in [0.25, 0.3) is 0 Å². The SMILES string of the molecule is CCc1ccc(CC(C)CN2CCCNCC2)cc1. The zero-order chi connectivity index (χ0) is 13.5. The molecule has 2 heteroatoms. The third-order valence-electron chi connectivity index (χ3n) is 4.02. The summed E-state index contributed by atoms with van der Waals surface area (Å²) < 4.78 is 0. The van der Waals surface area contributed by atoms with Gasteiger partial charge in [0.15, 0.2) is 0 Å². The molecular formula is C17H28N2. The molecule has 1 unspecified atom stereocenters. The van der Waals surface area contributed by atoms with Gasteiger partial charge in [-0.15, -0.1) is 0 Å². The maximum Gasteiger partial charge on any atom is 0.0107 e. The minimum Gasteiger partial charge on any atom is -0.315 e. The highest BCUT2D eigenvalue weighted by Gasteiger charge is 2.12. The van der Waals surface area contributed by atoms with Gasteiger partial charge in [0.05, 0.1) is 0 Å². The number of nitrogens with zero attached hydrogens (tertiary/aromatic N) is 1. The lowest BCUT2D eigenvalue weighted by Gasteiger charge is -2.23. The second kappa shape index (κ2) is 7.66. The summed E-state index contributed by atoms with van der Waals surface area (Å²) in [5.41, 5.74) is 2.92. The first-order valence-corrected chi connectivity index (χ1v) is 7.79. The van der Waals surface area contributed by atoms with E-state index in [9.17, 15) is 0 Å². The van der Waals surface area contributed by atoms with Gasteiger partial charge in [0.2, 0.25) is 0 Å². The van der Waals surface area contributed by atoms with Crippen molar-refractivity contribution in [3.8, 4) is 0 Å². The molecule has 0 radical (unpaired) electrons. The normalized spacial score (nSPS) is 19.1. The van der Waals surface area contributed by atoms with Crippen LogP contribution in [-0.2, 0) is 12.8 Å². The molecule has 19 heavy (non-hydrogen) atoms. The molecule has 1 saturated heterocycles. The molecule has 0 bridgehead atoms. The molecule has 0 saturated carbocycles. The maximum atomic E-state index is 3.47. The quantitative estimate of drug-likeness (QED) is 0.876. The van der Waals surface area contributed by atoms with Crippen molar-refractivity contribution in [3.05, 3.63) is 35.4 Å². The molecule has 1 aromatic rings. The van der Waals surface area contributed by atoms with Crippen molar-refractivity contribution in [2.45, 2.75) is 33.1 Å². The van der Waals surface area contributed by atoms with E-state index in [1.54, 1.807) is 0 Å². The fourth-order valence-electron chi connectivity index (χ4n) is 2.90. The molecule has 1 fully saturated rings. The second-order valence-electron chi connectivity index (χ2n) is 5.88. The fourth-order valence-corrected chi connectivity index (χ4v) is 2.90. The van der Waals surface area contributed by atoms with Crippen LogP contribution >= 0.6 is 0 Å². The molecule has 2 nitrogen and oxygen atoms in total. The van der Waals surface area contributed by atoms with E-state index in [0.29, 0.717) is 0 Å². The molecule has 1 aliphatic heterocycles. The average molecular weight is 260 g/mol. The van der Waals surface area contributed by atoms with Crippen molar-refractivity contribution in [1.82, 2.24) is 10.2 Å². The monoisotopic (exact) mass is 260 g/mol. The molecule has 1 atom stereocenters. The third kappa shape index (κ3) is 4.96. The number of nitrogens with one attached hydrogen (secondary N) is 1. The van der Waals surface area contributed by atoms with Gasteiger partial charge in [0.1, 0.15) is 0 Å². The van der Waals surface area contributed by atoms with Crippen molar-refractivity contribution in [2.24, 2.45) is 5.92 Å². The molecule has 106 valence electrons. The van der Waals surface area contributed by atoms with Gasteiger partial charge in [-0.2, -0.15) is 0 Å². The first-order valence-electron chi connectivity index (χ1n) is 7.79. The van der Waals surface area contributed by atoms with Gasteiger partial charge in [0, 0.05) is 19.6 Å². The Kier molecular flexibility index (Phi) is 5.87. The molecule has 1 N–H and O–H groups in total. The smallest absolute Gasteiger partial charge is 0.0107 e. The summed E-state index contributed by atoms with van der Waals surface area (Å²) in [6.45, 7) is 10.6. The molecule has 1 aromatic carbocycles. The number of aryl methyl sites for hydroxylation is 1. The van der Waals surface area contributed by atoms with E-state index in [1.165, 1.54) is 50.1 Å². The van der Waals surface area contributed by atoms with E-state index in [1.807, 2.05) is 0 Å². The largest absolute Gasteiger partial charge is 0.315 e. The Hall–Kier alpha value is -0.860. The van der Waals surface area contributed by atoms with Crippen molar-refractivity contribution in [3.63, 3.8) is 0 Å². The van der Waals surface area contributed by atoms with Crippen LogP contribution in [0.5, 0.6) is 0 Å². The average Bonchev–Trinajstić information content (AvgIpc) is 2.68. The van der Waals surface area contributed by atoms with Crippen LogP contribution in [-0.4, -0.2) is 37.6 Å². The molecule has 1 heterocycles.